The fraction of sp³-hybridized carbons (Fsp3) is 0.364. The van der Waals surface area contributed by atoms with Crippen molar-refractivity contribution in [3.63, 3.8) is 0 Å². The summed E-state index contributed by atoms with van der Waals surface area (Å²) in [6.45, 7) is 6.38. The van der Waals surface area contributed by atoms with Gasteiger partial charge >= 0.3 is 0 Å². The van der Waals surface area contributed by atoms with Gasteiger partial charge < -0.3 is 0 Å². The molecule has 0 amide bonds. The van der Waals surface area contributed by atoms with Crippen LogP contribution in [0, 0.1) is 10.5 Å². The van der Waals surface area contributed by atoms with E-state index in [0.29, 0.717) is 6.04 Å². The first-order valence-electron chi connectivity index (χ1n) is 5.01. The van der Waals surface area contributed by atoms with Crippen LogP contribution in [0.4, 0.5) is 0 Å². The van der Waals surface area contributed by atoms with Crippen molar-refractivity contribution in [2.75, 3.05) is 0 Å². The maximum atomic E-state index is 5.95. The zero-order valence-electron chi connectivity index (χ0n) is 9.29. The summed E-state index contributed by atoms with van der Waals surface area (Å²) in [6, 6.07) is 4.33. The van der Waals surface area contributed by atoms with Crippen molar-refractivity contribution in [3.8, 4) is 10.6 Å². The molecular weight excluding hydrogens is 355 g/mol. The van der Waals surface area contributed by atoms with Crippen molar-refractivity contribution in [2.24, 2.45) is 0 Å². The zero-order valence-corrected chi connectivity index (χ0v) is 13.0. The summed E-state index contributed by atoms with van der Waals surface area (Å²) in [6.07, 6.45) is 0. The Kier molecular flexibility index (Phi) is 3.61. The van der Waals surface area contributed by atoms with Crippen molar-refractivity contribution in [1.82, 2.24) is 9.78 Å². The molecule has 0 fully saturated rings. The molecular formula is C11H12ClIN2S. The lowest BCUT2D eigenvalue weighted by Gasteiger charge is -2.06. The number of rotatable bonds is 2. The van der Waals surface area contributed by atoms with Crippen molar-refractivity contribution < 1.29 is 0 Å². The van der Waals surface area contributed by atoms with Gasteiger partial charge in [-0.2, -0.15) is 5.10 Å². The van der Waals surface area contributed by atoms with Gasteiger partial charge in [0, 0.05) is 11.7 Å². The first-order chi connectivity index (χ1) is 7.50. The Hall–Kier alpha value is -0.0700. The molecule has 0 atom stereocenters. The van der Waals surface area contributed by atoms with Gasteiger partial charge in [0.05, 0.1) is 12.8 Å². The molecule has 2 rings (SSSR count). The lowest BCUT2D eigenvalue weighted by molar-refractivity contribution is 0.520. The Morgan fingerprint density at radius 1 is 1.44 bits per heavy atom. The Morgan fingerprint density at radius 2 is 2.12 bits per heavy atom. The zero-order chi connectivity index (χ0) is 11.9. The number of hydrogen-bond donors (Lipinski definition) is 0. The third-order valence-electron chi connectivity index (χ3n) is 2.37. The molecule has 2 nitrogen and oxygen atoms in total. The minimum absolute atomic E-state index is 0.387. The first-order valence-corrected chi connectivity index (χ1v) is 7.28. The highest BCUT2D eigenvalue weighted by Crippen LogP contribution is 2.34. The molecule has 0 saturated heterocycles. The molecule has 0 saturated carbocycles. The number of aromatic nitrogens is 2. The van der Waals surface area contributed by atoms with Gasteiger partial charge in [-0.3, -0.25) is 4.68 Å². The fourth-order valence-electron chi connectivity index (χ4n) is 1.60. The average molecular weight is 367 g/mol. The van der Waals surface area contributed by atoms with Crippen LogP contribution in [0.15, 0.2) is 12.1 Å². The van der Waals surface area contributed by atoms with Crippen LogP contribution in [0.3, 0.4) is 0 Å². The highest BCUT2D eigenvalue weighted by atomic mass is 127. The van der Waals surface area contributed by atoms with Crippen LogP contribution in [0.25, 0.3) is 10.6 Å². The summed E-state index contributed by atoms with van der Waals surface area (Å²) < 4.78 is 4.08. The van der Waals surface area contributed by atoms with Gasteiger partial charge in [-0.25, -0.2) is 0 Å². The largest absolute Gasteiger partial charge is 0.266 e. The van der Waals surface area contributed by atoms with Crippen LogP contribution in [0.5, 0.6) is 0 Å². The van der Waals surface area contributed by atoms with Crippen LogP contribution >= 0.6 is 45.5 Å². The highest BCUT2D eigenvalue weighted by Gasteiger charge is 2.16. The molecule has 0 aromatic carbocycles. The second kappa shape index (κ2) is 4.66. The van der Waals surface area contributed by atoms with Crippen molar-refractivity contribution >= 4 is 45.5 Å². The third-order valence-corrected chi connectivity index (χ3v) is 4.90. The van der Waals surface area contributed by atoms with Crippen molar-refractivity contribution in [1.29, 1.82) is 0 Å². The smallest absolute Gasteiger partial charge is 0.116 e. The molecule has 0 aliphatic rings. The molecule has 86 valence electrons. The third kappa shape index (κ3) is 2.15. The molecule has 0 N–H and O–H groups in total. The monoisotopic (exact) mass is 366 g/mol. The second-order valence-corrected chi connectivity index (χ2v) is 6.68. The lowest BCUT2D eigenvalue weighted by Crippen LogP contribution is -2.04. The van der Waals surface area contributed by atoms with E-state index in [9.17, 15) is 0 Å². The highest BCUT2D eigenvalue weighted by molar-refractivity contribution is 14.1. The quantitative estimate of drug-likeness (QED) is 0.701. The number of halogens is 2. The molecule has 2 heterocycles. The van der Waals surface area contributed by atoms with E-state index >= 15 is 0 Å². The molecule has 2 aromatic rings. The summed E-state index contributed by atoms with van der Waals surface area (Å²) >= 11 is 9.88. The number of hydrogen-bond acceptors (Lipinski definition) is 2. The van der Waals surface area contributed by atoms with E-state index in [1.807, 2.05) is 12.1 Å². The van der Waals surface area contributed by atoms with Crippen LogP contribution in [-0.2, 0) is 0 Å². The van der Waals surface area contributed by atoms with Crippen LogP contribution in [-0.4, -0.2) is 9.78 Å². The van der Waals surface area contributed by atoms with E-state index in [4.69, 9.17) is 11.6 Å². The molecule has 0 radical (unpaired) electrons. The molecule has 0 spiro atoms. The Balaban J connectivity index is 2.54. The fourth-order valence-corrected chi connectivity index (χ4v) is 3.46. The SMILES string of the molecule is Cc1c(I)c(-c2ccc(Cl)s2)nn1C(C)C. The maximum Gasteiger partial charge on any atom is 0.116 e. The van der Waals surface area contributed by atoms with E-state index in [0.717, 1.165) is 14.9 Å². The summed E-state index contributed by atoms with van der Waals surface area (Å²) in [5, 5.41) is 4.65. The minimum atomic E-state index is 0.387. The van der Waals surface area contributed by atoms with Gasteiger partial charge in [-0.05, 0) is 55.5 Å². The topological polar surface area (TPSA) is 17.8 Å². The van der Waals surface area contributed by atoms with Gasteiger partial charge in [0.2, 0.25) is 0 Å². The van der Waals surface area contributed by atoms with Gasteiger partial charge in [-0.15, -0.1) is 11.3 Å². The average Bonchev–Trinajstić information content (AvgIpc) is 2.74. The molecule has 0 unspecified atom stereocenters. The van der Waals surface area contributed by atoms with Gasteiger partial charge in [0.1, 0.15) is 5.69 Å². The van der Waals surface area contributed by atoms with E-state index in [-0.39, 0.29) is 0 Å². The van der Waals surface area contributed by atoms with Gasteiger partial charge in [-0.1, -0.05) is 11.6 Å². The number of thiophene rings is 1. The van der Waals surface area contributed by atoms with Crippen LogP contribution < -0.4 is 0 Å². The molecule has 2 aromatic heterocycles. The standard InChI is InChI=1S/C11H12ClIN2S/c1-6(2)15-7(3)10(13)11(14-15)8-4-5-9(12)16-8/h4-6H,1-3H3. The minimum Gasteiger partial charge on any atom is -0.266 e. The Bertz CT molecular complexity index is 516. The van der Waals surface area contributed by atoms with E-state index in [1.54, 1.807) is 11.3 Å². The summed E-state index contributed by atoms with van der Waals surface area (Å²) in [4.78, 5) is 1.14. The summed E-state index contributed by atoms with van der Waals surface area (Å²) in [5.74, 6) is 0. The molecule has 0 aliphatic carbocycles. The predicted molar refractivity (Wildman–Crippen MR) is 78.4 cm³/mol. The first kappa shape index (κ1) is 12.4. The summed E-state index contributed by atoms with van der Waals surface area (Å²) in [7, 11) is 0. The number of nitrogens with zero attached hydrogens (tertiary/aromatic N) is 2. The van der Waals surface area contributed by atoms with E-state index in [2.05, 4.69) is 53.1 Å². The Labute approximate surface area is 118 Å². The van der Waals surface area contributed by atoms with E-state index < -0.39 is 0 Å². The van der Waals surface area contributed by atoms with Gasteiger partial charge in [0.25, 0.3) is 0 Å². The van der Waals surface area contributed by atoms with Crippen LogP contribution in [0.2, 0.25) is 4.34 Å². The van der Waals surface area contributed by atoms with Crippen molar-refractivity contribution in [2.45, 2.75) is 26.8 Å². The second-order valence-electron chi connectivity index (χ2n) is 3.89. The normalized spacial score (nSPS) is 11.4. The Morgan fingerprint density at radius 3 is 2.56 bits per heavy atom. The van der Waals surface area contributed by atoms with Crippen molar-refractivity contribution in [3.05, 3.63) is 25.7 Å². The predicted octanol–water partition coefficient (Wildman–Crippen LogP) is 4.76. The molecule has 0 aliphatic heterocycles. The molecule has 0 bridgehead atoms. The molecule has 5 heteroatoms. The maximum absolute atomic E-state index is 5.95. The van der Waals surface area contributed by atoms with Gasteiger partial charge in [0.15, 0.2) is 0 Å². The lowest BCUT2D eigenvalue weighted by atomic mass is 10.3. The van der Waals surface area contributed by atoms with Crippen LogP contribution in [0.1, 0.15) is 25.6 Å². The van der Waals surface area contributed by atoms with E-state index in [1.165, 1.54) is 9.26 Å². The summed E-state index contributed by atoms with van der Waals surface area (Å²) in [5.41, 5.74) is 2.26. The molecule has 16 heavy (non-hydrogen) atoms.